The van der Waals surface area contributed by atoms with E-state index in [0.29, 0.717) is 24.7 Å². The van der Waals surface area contributed by atoms with Crippen LogP contribution >= 0.6 is 11.3 Å². The highest BCUT2D eigenvalue weighted by molar-refractivity contribution is 7.19. The van der Waals surface area contributed by atoms with Gasteiger partial charge in [0, 0.05) is 23.8 Å². The molecule has 8 heteroatoms. The molecule has 0 bridgehead atoms. The Kier molecular flexibility index (Phi) is 3.58. The minimum atomic E-state index is -0.262. The molecule has 0 aliphatic heterocycles. The molecule has 0 atom stereocenters. The molecule has 130 valence electrons. The van der Waals surface area contributed by atoms with Gasteiger partial charge in [0.1, 0.15) is 22.3 Å². The number of hydrogen-bond acceptors (Lipinski definition) is 6. The van der Waals surface area contributed by atoms with Gasteiger partial charge in [-0.2, -0.15) is 5.10 Å². The molecular weight excluding hydrogens is 336 g/mol. The van der Waals surface area contributed by atoms with Gasteiger partial charge in [-0.3, -0.25) is 4.98 Å². The SMILES string of the molecule is O=c1[nH]nc(CCNc2nc(C3CC3)nc3sc4c(c23)CCCC4)[nH]1. The molecule has 2 aliphatic carbocycles. The number of thiophene rings is 1. The van der Waals surface area contributed by atoms with Gasteiger partial charge in [0.05, 0.1) is 5.39 Å². The number of nitrogens with one attached hydrogen (secondary N) is 3. The minimum absolute atomic E-state index is 0.262. The van der Waals surface area contributed by atoms with E-state index in [0.717, 1.165) is 22.9 Å². The van der Waals surface area contributed by atoms with Gasteiger partial charge in [-0.1, -0.05) is 0 Å². The number of H-pyrrole nitrogens is 2. The van der Waals surface area contributed by atoms with E-state index >= 15 is 0 Å². The quantitative estimate of drug-likeness (QED) is 0.652. The van der Waals surface area contributed by atoms with Crippen LogP contribution in [0.3, 0.4) is 0 Å². The molecule has 1 fully saturated rings. The number of aromatic nitrogens is 5. The number of anilines is 1. The van der Waals surface area contributed by atoms with E-state index in [4.69, 9.17) is 9.97 Å². The molecule has 7 nitrogen and oxygen atoms in total. The fourth-order valence-corrected chi connectivity index (χ4v) is 4.82. The lowest BCUT2D eigenvalue weighted by atomic mass is 9.97. The van der Waals surface area contributed by atoms with E-state index in [1.165, 1.54) is 47.9 Å². The topological polar surface area (TPSA) is 99.3 Å². The fourth-order valence-electron chi connectivity index (χ4n) is 3.55. The van der Waals surface area contributed by atoms with Crippen molar-refractivity contribution in [1.82, 2.24) is 25.1 Å². The van der Waals surface area contributed by atoms with Gasteiger partial charge in [0.15, 0.2) is 0 Å². The summed E-state index contributed by atoms with van der Waals surface area (Å²) in [5, 5.41) is 11.1. The summed E-state index contributed by atoms with van der Waals surface area (Å²) in [6, 6.07) is 0. The van der Waals surface area contributed by atoms with Gasteiger partial charge in [0.25, 0.3) is 0 Å². The molecule has 2 aliphatic rings. The summed E-state index contributed by atoms with van der Waals surface area (Å²) in [6.45, 7) is 0.682. The average Bonchev–Trinajstić information content (AvgIpc) is 3.28. The number of rotatable bonds is 5. The summed E-state index contributed by atoms with van der Waals surface area (Å²) in [5.74, 6) is 3.15. The van der Waals surface area contributed by atoms with Crippen LogP contribution in [0, 0.1) is 0 Å². The Morgan fingerprint density at radius 3 is 2.88 bits per heavy atom. The van der Waals surface area contributed by atoms with Crippen molar-refractivity contribution in [2.24, 2.45) is 0 Å². The van der Waals surface area contributed by atoms with E-state index in [1.54, 1.807) is 0 Å². The predicted molar refractivity (Wildman–Crippen MR) is 97.4 cm³/mol. The van der Waals surface area contributed by atoms with Crippen molar-refractivity contribution in [3.63, 3.8) is 0 Å². The van der Waals surface area contributed by atoms with E-state index in [2.05, 4.69) is 20.5 Å². The van der Waals surface area contributed by atoms with Crippen LogP contribution in [0.2, 0.25) is 0 Å². The highest BCUT2D eigenvalue weighted by Gasteiger charge is 2.29. The van der Waals surface area contributed by atoms with Crippen LogP contribution in [0.5, 0.6) is 0 Å². The third-order valence-electron chi connectivity index (χ3n) is 4.98. The lowest BCUT2D eigenvalue weighted by molar-refractivity contribution is 0.700. The van der Waals surface area contributed by atoms with Crippen molar-refractivity contribution in [3.05, 3.63) is 32.6 Å². The molecule has 3 aromatic heterocycles. The van der Waals surface area contributed by atoms with E-state index in [9.17, 15) is 4.79 Å². The zero-order valence-corrected chi connectivity index (χ0v) is 14.7. The van der Waals surface area contributed by atoms with Crippen LogP contribution in [0.25, 0.3) is 10.2 Å². The molecule has 3 N–H and O–H groups in total. The smallest absolute Gasteiger partial charge is 0.340 e. The van der Waals surface area contributed by atoms with Crippen LogP contribution in [0.1, 0.15) is 53.7 Å². The minimum Gasteiger partial charge on any atom is -0.369 e. The van der Waals surface area contributed by atoms with Crippen molar-refractivity contribution in [1.29, 1.82) is 0 Å². The van der Waals surface area contributed by atoms with Crippen molar-refractivity contribution >= 4 is 27.4 Å². The molecule has 0 amide bonds. The number of fused-ring (bicyclic) bond motifs is 3. The lowest BCUT2D eigenvalue weighted by Gasteiger charge is -2.13. The third kappa shape index (κ3) is 2.84. The maximum atomic E-state index is 11.1. The van der Waals surface area contributed by atoms with Gasteiger partial charge in [-0.25, -0.2) is 19.9 Å². The van der Waals surface area contributed by atoms with Crippen LogP contribution in [0.4, 0.5) is 5.82 Å². The van der Waals surface area contributed by atoms with Crippen molar-refractivity contribution in [3.8, 4) is 0 Å². The van der Waals surface area contributed by atoms with Gasteiger partial charge in [-0.05, 0) is 44.1 Å². The zero-order valence-electron chi connectivity index (χ0n) is 13.9. The maximum Gasteiger partial charge on any atom is 0.340 e. The second-order valence-corrected chi connectivity index (χ2v) is 7.98. The standard InChI is InChI=1S/C17H20N6OS/c24-17-19-12(22-23-17)7-8-18-15-13-10-3-1-2-4-11(10)25-16(13)21-14(20-15)9-5-6-9/h9H,1-8H2,(H,18,20,21)(H2,19,22,23,24). The molecular formula is C17H20N6OS. The van der Waals surface area contributed by atoms with Gasteiger partial charge >= 0.3 is 5.69 Å². The summed E-state index contributed by atoms with van der Waals surface area (Å²) < 4.78 is 0. The number of aromatic amines is 2. The highest BCUT2D eigenvalue weighted by Crippen LogP contribution is 2.43. The normalized spacial score (nSPS) is 17.0. The van der Waals surface area contributed by atoms with E-state index in [-0.39, 0.29) is 5.69 Å². The first-order valence-corrected chi connectivity index (χ1v) is 9.79. The Bertz CT molecular complexity index is 983. The largest absolute Gasteiger partial charge is 0.369 e. The Balaban J connectivity index is 1.48. The first kappa shape index (κ1) is 15.1. The molecule has 0 aromatic carbocycles. The maximum absolute atomic E-state index is 11.1. The third-order valence-corrected chi connectivity index (χ3v) is 6.16. The van der Waals surface area contributed by atoms with Crippen LogP contribution in [-0.2, 0) is 19.3 Å². The van der Waals surface area contributed by atoms with Gasteiger partial charge in [0.2, 0.25) is 0 Å². The predicted octanol–water partition coefficient (Wildman–Crippen LogP) is 2.51. The zero-order chi connectivity index (χ0) is 16.8. The Morgan fingerprint density at radius 2 is 2.08 bits per heavy atom. The molecule has 25 heavy (non-hydrogen) atoms. The van der Waals surface area contributed by atoms with Crippen LogP contribution < -0.4 is 11.0 Å². The Hall–Kier alpha value is -2.22. The summed E-state index contributed by atoms with van der Waals surface area (Å²) >= 11 is 1.85. The summed E-state index contributed by atoms with van der Waals surface area (Å²) in [7, 11) is 0. The number of hydrogen-bond donors (Lipinski definition) is 3. The van der Waals surface area contributed by atoms with Crippen molar-refractivity contribution < 1.29 is 0 Å². The van der Waals surface area contributed by atoms with Gasteiger partial charge in [-0.15, -0.1) is 11.3 Å². The lowest BCUT2D eigenvalue weighted by Crippen LogP contribution is -2.10. The Labute approximate surface area is 148 Å². The van der Waals surface area contributed by atoms with Crippen LogP contribution in [-0.4, -0.2) is 31.7 Å². The second kappa shape index (κ2) is 5.94. The first-order chi connectivity index (χ1) is 12.3. The second-order valence-electron chi connectivity index (χ2n) is 6.90. The molecule has 3 aromatic rings. The average molecular weight is 356 g/mol. The molecule has 0 spiro atoms. The van der Waals surface area contributed by atoms with E-state index in [1.807, 2.05) is 11.3 Å². The fraction of sp³-hybridized carbons (Fsp3) is 0.529. The first-order valence-electron chi connectivity index (χ1n) is 8.97. The summed E-state index contributed by atoms with van der Waals surface area (Å²) in [4.78, 5) is 26.2. The molecule has 1 saturated carbocycles. The monoisotopic (exact) mass is 356 g/mol. The molecule has 0 saturated heterocycles. The number of aryl methyl sites for hydroxylation is 2. The Morgan fingerprint density at radius 1 is 1.20 bits per heavy atom. The molecule has 0 unspecified atom stereocenters. The van der Waals surface area contributed by atoms with Crippen molar-refractivity contribution in [2.75, 3.05) is 11.9 Å². The van der Waals surface area contributed by atoms with Gasteiger partial charge < -0.3 is 5.32 Å². The molecule has 0 radical (unpaired) electrons. The molecule has 5 rings (SSSR count). The summed E-state index contributed by atoms with van der Waals surface area (Å²) in [5.41, 5.74) is 1.19. The van der Waals surface area contributed by atoms with E-state index < -0.39 is 0 Å². The van der Waals surface area contributed by atoms with Crippen molar-refractivity contribution in [2.45, 2.75) is 50.9 Å². The number of nitrogens with zero attached hydrogens (tertiary/aromatic N) is 3. The highest BCUT2D eigenvalue weighted by atomic mass is 32.1. The van der Waals surface area contributed by atoms with Crippen LogP contribution in [0.15, 0.2) is 4.79 Å². The summed E-state index contributed by atoms with van der Waals surface area (Å²) in [6.07, 6.45) is 7.87. The molecule has 3 heterocycles.